The van der Waals surface area contributed by atoms with E-state index in [1.807, 2.05) is 30.3 Å². The van der Waals surface area contributed by atoms with E-state index in [4.69, 9.17) is 14.6 Å². The van der Waals surface area contributed by atoms with Gasteiger partial charge < -0.3 is 35.5 Å². The summed E-state index contributed by atoms with van der Waals surface area (Å²) in [6.45, 7) is 1.91. The van der Waals surface area contributed by atoms with Gasteiger partial charge in [-0.25, -0.2) is 4.79 Å². The first-order valence-electron chi connectivity index (χ1n) is 12.7. The van der Waals surface area contributed by atoms with Crippen molar-refractivity contribution >= 4 is 34.5 Å². The summed E-state index contributed by atoms with van der Waals surface area (Å²) in [4.78, 5) is 52.8. The molecule has 0 bridgehead atoms. The minimum atomic E-state index is -1.15. The molecule has 0 aliphatic carbocycles. The van der Waals surface area contributed by atoms with Crippen LogP contribution in [0.5, 0.6) is 11.5 Å². The molecule has 0 spiro atoms. The minimum Gasteiger partial charge on any atom is -0.493 e. The Morgan fingerprint density at radius 3 is 2.32 bits per heavy atom. The number of fused-ring (bicyclic) bond motifs is 1. The number of nitrogens with one attached hydrogen (secondary N) is 4. The van der Waals surface area contributed by atoms with Crippen molar-refractivity contribution in [1.82, 2.24) is 15.6 Å². The first kappa shape index (κ1) is 28.7. The number of aromatic nitrogens is 1. The summed E-state index contributed by atoms with van der Waals surface area (Å²) in [6.07, 6.45) is -0.815. The van der Waals surface area contributed by atoms with Gasteiger partial charge in [0.25, 0.3) is 17.4 Å². The molecule has 11 nitrogen and oxygen atoms in total. The largest absolute Gasteiger partial charge is 0.493 e. The van der Waals surface area contributed by atoms with E-state index in [0.717, 1.165) is 5.56 Å². The number of amides is 3. The number of carbonyl (C=O) groups excluding carboxylic acids is 2. The molecule has 0 aliphatic rings. The smallest absolute Gasteiger partial charge is 0.404 e. The molecular weight excluding hydrogens is 528 g/mol. The van der Waals surface area contributed by atoms with Gasteiger partial charge in [-0.1, -0.05) is 36.4 Å². The summed E-state index contributed by atoms with van der Waals surface area (Å²) < 4.78 is 10.6. The monoisotopic (exact) mass is 558 g/mol. The second-order valence-electron chi connectivity index (χ2n) is 9.25. The number of benzene rings is 3. The lowest BCUT2D eigenvalue weighted by Gasteiger charge is -2.20. The number of anilines is 1. The molecule has 1 heterocycles. The van der Waals surface area contributed by atoms with Crippen molar-refractivity contribution < 1.29 is 29.0 Å². The molecule has 0 fully saturated rings. The van der Waals surface area contributed by atoms with Crippen molar-refractivity contribution in [2.24, 2.45) is 0 Å². The van der Waals surface area contributed by atoms with Crippen LogP contribution in [-0.4, -0.2) is 48.8 Å². The van der Waals surface area contributed by atoms with Crippen LogP contribution in [-0.2, 0) is 0 Å². The fourth-order valence-electron chi connectivity index (χ4n) is 4.36. The van der Waals surface area contributed by atoms with Gasteiger partial charge >= 0.3 is 6.09 Å². The number of rotatable bonds is 10. The summed E-state index contributed by atoms with van der Waals surface area (Å²) >= 11 is 0. The Bertz CT molecular complexity index is 1650. The molecule has 4 aromatic rings. The van der Waals surface area contributed by atoms with Gasteiger partial charge in [-0.15, -0.1) is 0 Å². The lowest BCUT2D eigenvalue weighted by atomic mass is 10.0. The zero-order valence-corrected chi connectivity index (χ0v) is 22.7. The molecule has 0 saturated heterocycles. The summed E-state index contributed by atoms with van der Waals surface area (Å²) in [5, 5.41) is 17.5. The van der Waals surface area contributed by atoms with E-state index < -0.39 is 29.5 Å². The number of ether oxygens (including phenoxy) is 2. The van der Waals surface area contributed by atoms with Gasteiger partial charge in [-0.3, -0.25) is 14.4 Å². The van der Waals surface area contributed by atoms with Crippen molar-refractivity contribution in [2.45, 2.75) is 19.4 Å². The van der Waals surface area contributed by atoms with Gasteiger partial charge in [0.1, 0.15) is 5.56 Å². The lowest BCUT2D eigenvalue weighted by molar-refractivity contribution is 0.0933. The highest BCUT2D eigenvalue weighted by molar-refractivity contribution is 6.07. The van der Waals surface area contributed by atoms with E-state index in [1.54, 1.807) is 31.2 Å². The van der Waals surface area contributed by atoms with Crippen molar-refractivity contribution in [3.63, 3.8) is 0 Å². The minimum absolute atomic E-state index is 0.117. The molecule has 1 unspecified atom stereocenters. The molecule has 0 aliphatic heterocycles. The maximum Gasteiger partial charge on any atom is 0.404 e. The molecule has 41 heavy (non-hydrogen) atoms. The van der Waals surface area contributed by atoms with Crippen LogP contribution in [0.2, 0.25) is 0 Å². The van der Waals surface area contributed by atoms with Crippen LogP contribution in [0.4, 0.5) is 10.5 Å². The molecule has 3 aromatic carbocycles. The number of hydrogen-bond donors (Lipinski definition) is 5. The van der Waals surface area contributed by atoms with E-state index in [1.165, 1.54) is 26.4 Å². The number of methoxy groups -OCH3 is 2. The number of aromatic amines is 1. The van der Waals surface area contributed by atoms with Crippen LogP contribution < -0.4 is 31.0 Å². The molecule has 212 valence electrons. The number of aryl methyl sites for hydroxylation is 1. The second-order valence-corrected chi connectivity index (χ2v) is 9.25. The molecule has 4 rings (SSSR count). The molecule has 11 heteroatoms. The normalized spacial score (nSPS) is 11.4. The standard InChI is InChI=1S/C30H30N4O7/c1-17-9-10-19(27(35)32-22(11-12-31-30(38)39)18-7-5-4-6-8-18)14-23(17)33-28(36)21-13-20-15-25(40-2)26(41-3)16-24(20)34-29(21)37/h4-10,13-16,22,31H,11-12H2,1-3H3,(H,32,35)(H,33,36)(H,34,37)(H,38,39). The predicted molar refractivity (Wildman–Crippen MR) is 154 cm³/mol. The van der Waals surface area contributed by atoms with Crippen molar-refractivity contribution in [3.8, 4) is 11.5 Å². The van der Waals surface area contributed by atoms with Crippen molar-refractivity contribution in [3.05, 3.63) is 99.3 Å². The van der Waals surface area contributed by atoms with Crippen molar-refractivity contribution in [2.75, 3.05) is 26.1 Å². The van der Waals surface area contributed by atoms with Gasteiger partial charge in [0.15, 0.2) is 11.5 Å². The highest BCUT2D eigenvalue weighted by atomic mass is 16.5. The Kier molecular flexibility index (Phi) is 8.88. The van der Waals surface area contributed by atoms with E-state index in [9.17, 15) is 19.2 Å². The summed E-state index contributed by atoms with van der Waals surface area (Å²) in [5.41, 5.74) is 1.91. The number of hydrogen-bond acceptors (Lipinski definition) is 6. The Morgan fingerprint density at radius 2 is 1.63 bits per heavy atom. The Balaban J connectivity index is 1.56. The van der Waals surface area contributed by atoms with Crippen LogP contribution in [0.1, 0.15) is 44.3 Å². The molecule has 3 amide bonds. The van der Waals surface area contributed by atoms with Gasteiger partial charge in [0.2, 0.25) is 0 Å². The maximum absolute atomic E-state index is 13.2. The zero-order valence-electron chi connectivity index (χ0n) is 22.7. The number of pyridine rings is 1. The molecule has 1 aromatic heterocycles. The van der Waals surface area contributed by atoms with Gasteiger partial charge in [-0.05, 0) is 48.7 Å². The summed E-state index contributed by atoms with van der Waals surface area (Å²) in [5.74, 6) is -0.175. The van der Waals surface area contributed by atoms with Crippen molar-refractivity contribution in [1.29, 1.82) is 0 Å². The Hall–Kier alpha value is -5.32. The van der Waals surface area contributed by atoms with Crippen LogP contribution in [0.25, 0.3) is 10.9 Å². The van der Waals surface area contributed by atoms with Crippen LogP contribution in [0.15, 0.2) is 71.5 Å². The van der Waals surface area contributed by atoms with Gasteiger partial charge in [0, 0.05) is 29.2 Å². The number of carboxylic acid groups (broad SMARTS) is 1. The summed E-state index contributed by atoms with van der Waals surface area (Å²) in [7, 11) is 2.97. The molecule has 1 atom stereocenters. The fourth-order valence-corrected chi connectivity index (χ4v) is 4.36. The maximum atomic E-state index is 13.2. The van der Waals surface area contributed by atoms with E-state index >= 15 is 0 Å². The second kappa shape index (κ2) is 12.7. The predicted octanol–water partition coefficient (Wildman–Crippen LogP) is 4.23. The molecule has 5 N–H and O–H groups in total. The quantitative estimate of drug-likeness (QED) is 0.195. The third-order valence-electron chi connectivity index (χ3n) is 6.56. The Labute approximate surface area is 235 Å². The van der Waals surface area contributed by atoms with E-state index in [-0.39, 0.29) is 17.7 Å². The zero-order chi connectivity index (χ0) is 29.5. The SMILES string of the molecule is COc1cc2cc(C(=O)Nc3cc(C(=O)NC(CCNC(=O)O)c4ccccc4)ccc3C)c(=O)[nH]c2cc1OC. The third kappa shape index (κ3) is 6.82. The van der Waals surface area contributed by atoms with Gasteiger partial charge in [0.05, 0.1) is 25.8 Å². The highest BCUT2D eigenvalue weighted by Gasteiger charge is 2.19. The fraction of sp³-hybridized carbons (Fsp3) is 0.200. The first-order chi connectivity index (χ1) is 19.7. The van der Waals surface area contributed by atoms with E-state index in [2.05, 4.69) is 20.9 Å². The molecular formula is C30H30N4O7. The van der Waals surface area contributed by atoms with Gasteiger partial charge in [-0.2, -0.15) is 0 Å². The van der Waals surface area contributed by atoms with E-state index in [0.29, 0.717) is 40.1 Å². The summed E-state index contributed by atoms with van der Waals surface area (Å²) in [6, 6.07) is 18.3. The molecule has 0 saturated carbocycles. The third-order valence-corrected chi connectivity index (χ3v) is 6.56. The lowest BCUT2D eigenvalue weighted by Crippen LogP contribution is -2.32. The highest BCUT2D eigenvalue weighted by Crippen LogP contribution is 2.31. The average molecular weight is 559 g/mol. The average Bonchev–Trinajstić information content (AvgIpc) is 2.96. The molecule has 0 radical (unpaired) electrons. The van der Waals surface area contributed by atoms with Crippen LogP contribution >= 0.6 is 0 Å². The van der Waals surface area contributed by atoms with Crippen LogP contribution in [0.3, 0.4) is 0 Å². The number of H-pyrrole nitrogens is 1. The first-order valence-corrected chi connectivity index (χ1v) is 12.7. The topological polar surface area (TPSA) is 159 Å². The number of carbonyl (C=O) groups is 3. The van der Waals surface area contributed by atoms with Crippen LogP contribution in [0, 0.1) is 6.92 Å². The Morgan fingerprint density at radius 1 is 0.927 bits per heavy atom.